The van der Waals surface area contributed by atoms with Gasteiger partial charge >= 0.3 is 6.03 Å². The van der Waals surface area contributed by atoms with Crippen molar-refractivity contribution >= 4 is 17.4 Å². The highest BCUT2D eigenvalue weighted by atomic mass is 16.3. The molecular weight excluding hydrogens is 240 g/mol. The van der Waals surface area contributed by atoms with Crippen LogP contribution in [0, 0.1) is 0 Å². The van der Waals surface area contributed by atoms with E-state index in [1.807, 2.05) is 36.4 Å². The van der Waals surface area contributed by atoms with Gasteiger partial charge < -0.3 is 15.7 Å². The number of benzene rings is 2. The van der Waals surface area contributed by atoms with Crippen LogP contribution in [-0.4, -0.2) is 11.1 Å². The van der Waals surface area contributed by atoms with Crippen LogP contribution >= 0.6 is 0 Å². The minimum absolute atomic E-state index is 0.311. The molecule has 2 aromatic rings. The Hall–Kier alpha value is -2.33. The van der Waals surface area contributed by atoms with Gasteiger partial charge in [0.2, 0.25) is 0 Å². The van der Waals surface area contributed by atoms with Gasteiger partial charge in [-0.2, -0.15) is 0 Å². The van der Waals surface area contributed by atoms with Crippen molar-refractivity contribution in [3.05, 3.63) is 60.2 Å². The Morgan fingerprint density at radius 1 is 1.00 bits per heavy atom. The van der Waals surface area contributed by atoms with Crippen molar-refractivity contribution in [2.24, 2.45) is 0 Å². The maximum absolute atomic E-state index is 11.8. The molecule has 0 aromatic heterocycles. The van der Waals surface area contributed by atoms with E-state index in [9.17, 15) is 9.90 Å². The van der Waals surface area contributed by atoms with Gasteiger partial charge in [-0.15, -0.1) is 0 Å². The molecule has 4 nitrogen and oxygen atoms in total. The fraction of sp³-hybridized carbons (Fsp3) is 0.133. The number of nitrogens with one attached hydrogen (secondary N) is 2. The summed E-state index contributed by atoms with van der Waals surface area (Å²) in [6, 6.07) is 16.0. The van der Waals surface area contributed by atoms with Gasteiger partial charge in [0.15, 0.2) is 0 Å². The van der Waals surface area contributed by atoms with Crippen LogP contribution in [0.1, 0.15) is 18.6 Å². The lowest BCUT2D eigenvalue weighted by molar-refractivity contribution is 0.199. The second kappa shape index (κ2) is 6.02. The van der Waals surface area contributed by atoms with Gasteiger partial charge in [-0.1, -0.05) is 30.3 Å². The molecule has 0 saturated carbocycles. The number of anilines is 2. The number of rotatable bonds is 3. The average molecular weight is 256 g/mol. The van der Waals surface area contributed by atoms with Gasteiger partial charge in [0.1, 0.15) is 0 Å². The van der Waals surface area contributed by atoms with E-state index in [4.69, 9.17) is 0 Å². The highest BCUT2D eigenvalue weighted by molar-refractivity contribution is 5.99. The topological polar surface area (TPSA) is 61.4 Å². The third-order valence-electron chi connectivity index (χ3n) is 2.66. The first-order chi connectivity index (χ1) is 9.15. The first kappa shape index (κ1) is 13.1. The predicted octanol–water partition coefficient (Wildman–Crippen LogP) is 3.38. The molecule has 0 saturated heterocycles. The summed E-state index contributed by atoms with van der Waals surface area (Å²) in [6.45, 7) is 1.68. The molecular formula is C15H16N2O2. The normalized spacial score (nSPS) is 11.7. The Kier molecular flexibility index (Phi) is 4.15. The van der Waals surface area contributed by atoms with Crippen LogP contribution in [0.4, 0.5) is 16.2 Å². The van der Waals surface area contributed by atoms with Crippen LogP contribution in [0.3, 0.4) is 0 Å². The third-order valence-corrected chi connectivity index (χ3v) is 2.66. The molecule has 0 aliphatic heterocycles. The van der Waals surface area contributed by atoms with Gasteiger partial charge in [0, 0.05) is 11.4 Å². The number of amides is 2. The van der Waals surface area contributed by atoms with Crippen molar-refractivity contribution in [2.75, 3.05) is 10.6 Å². The lowest BCUT2D eigenvalue weighted by Crippen LogP contribution is -2.19. The standard InChI is InChI=1S/C15H16N2O2/c1-11(18)12-6-5-9-14(10-12)17-15(19)16-13-7-3-2-4-8-13/h2-11,18H,1H3,(H2,16,17,19). The molecule has 98 valence electrons. The Bertz CT molecular complexity index is 553. The second-order valence-electron chi connectivity index (χ2n) is 4.25. The van der Waals surface area contributed by atoms with Crippen LogP contribution in [0.2, 0.25) is 0 Å². The first-order valence-electron chi connectivity index (χ1n) is 6.06. The summed E-state index contributed by atoms with van der Waals surface area (Å²) < 4.78 is 0. The van der Waals surface area contributed by atoms with E-state index in [0.29, 0.717) is 5.69 Å². The van der Waals surface area contributed by atoms with Crippen molar-refractivity contribution in [3.8, 4) is 0 Å². The fourth-order valence-corrected chi connectivity index (χ4v) is 1.69. The van der Waals surface area contributed by atoms with Crippen molar-refractivity contribution in [1.82, 2.24) is 0 Å². The quantitative estimate of drug-likeness (QED) is 0.788. The van der Waals surface area contributed by atoms with Gasteiger partial charge in [-0.05, 0) is 36.8 Å². The molecule has 0 heterocycles. The Morgan fingerprint density at radius 2 is 1.63 bits per heavy atom. The molecule has 0 bridgehead atoms. The van der Waals surface area contributed by atoms with E-state index in [-0.39, 0.29) is 6.03 Å². The summed E-state index contributed by atoms with van der Waals surface area (Å²) >= 11 is 0. The lowest BCUT2D eigenvalue weighted by Gasteiger charge is -2.10. The zero-order valence-electron chi connectivity index (χ0n) is 10.6. The molecule has 1 atom stereocenters. The summed E-state index contributed by atoms with van der Waals surface area (Å²) in [7, 11) is 0. The van der Waals surface area contributed by atoms with Crippen molar-refractivity contribution in [1.29, 1.82) is 0 Å². The largest absolute Gasteiger partial charge is 0.389 e. The van der Waals surface area contributed by atoms with Crippen molar-refractivity contribution in [3.63, 3.8) is 0 Å². The molecule has 2 rings (SSSR count). The van der Waals surface area contributed by atoms with Gasteiger partial charge in [-0.25, -0.2) is 4.79 Å². The molecule has 0 fully saturated rings. The van der Waals surface area contributed by atoms with Crippen LogP contribution in [0.15, 0.2) is 54.6 Å². The number of urea groups is 1. The Morgan fingerprint density at radius 3 is 2.32 bits per heavy atom. The number of aliphatic hydroxyl groups excluding tert-OH is 1. The summed E-state index contributed by atoms with van der Waals surface area (Å²) in [5, 5.41) is 14.9. The summed E-state index contributed by atoms with van der Waals surface area (Å²) in [5.74, 6) is 0. The van der Waals surface area contributed by atoms with Crippen LogP contribution in [-0.2, 0) is 0 Å². The number of aliphatic hydroxyl groups is 1. The van der Waals surface area contributed by atoms with Crippen molar-refractivity contribution in [2.45, 2.75) is 13.0 Å². The maximum atomic E-state index is 11.8. The lowest BCUT2D eigenvalue weighted by atomic mass is 10.1. The molecule has 19 heavy (non-hydrogen) atoms. The van der Waals surface area contributed by atoms with Gasteiger partial charge in [-0.3, -0.25) is 0 Å². The highest BCUT2D eigenvalue weighted by Crippen LogP contribution is 2.17. The predicted molar refractivity (Wildman–Crippen MR) is 76.2 cm³/mol. The Labute approximate surface area is 112 Å². The monoisotopic (exact) mass is 256 g/mol. The second-order valence-corrected chi connectivity index (χ2v) is 4.25. The molecule has 0 radical (unpaired) electrons. The molecule has 0 aliphatic carbocycles. The maximum Gasteiger partial charge on any atom is 0.323 e. The third kappa shape index (κ3) is 3.82. The van der Waals surface area contributed by atoms with Gasteiger partial charge in [0.25, 0.3) is 0 Å². The molecule has 3 N–H and O–H groups in total. The molecule has 2 amide bonds. The van der Waals surface area contributed by atoms with Gasteiger partial charge in [0.05, 0.1) is 6.10 Å². The van der Waals surface area contributed by atoms with E-state index in [1.54, 1.807) is 25.1 Å². The summed E-state index contributed by atoms with van der Waals surface area (Å²) in [5.41, 5.74) is 2.14. The fourth-order valence-electron chi connectivity index (χ4n) is 1.69. The van der Waals surface area contributed by atoms with E-state index in [2.05, 4.69) is 10.6 Å². The number of carbonyl (C=O) groups is 1. The van der Waals surface area contributed by atoms with Crippen LogP contribution < -0.4 is 10.6 Å². The minimum Gasteiger partial charge on any atom is -0.389 e. The minimum atomic E-state index is -0.557. The highest BCUT2D eigenvalue weighted by Gasteiger charge is 2.05. The SMILES string of the molecule is CC(O)c1cccc(NC(=O)Nc2ccccc2)c1. The Balaban J connectivity index is 2.01. The first-order valence-corrected chi connectivity index (χ1v) is 6.06. The van der Waals surface area contributed by atoms with E-state index >= 15 is 0 Å². The smallest absolute Gasteiger partial charge is 0.323 e. The molecule has 2 aromatic carbocycles. The summed E-state index contributed by atoms with van der Waals surface area (Å²) in [4.78, 5) is 11.8. The molecule has 4 heteroatoms. The van der Waals surface area contributed by atoms with E-state index in [0.717, 1.165) is 11.3 Å². The van der Waals surface area contributed by atoms with Crippen molar-refractivity contribution < 1.29 is 9.90 Å². The zero-order valence-corrected chi connectivity index (χ0v) is 10.6. The zero-order chi connectivity index (χ0) is 13.7. The average Bonchev–Trinajstić information content (AvgIpc) is 2.40. The number of para-hydroxylation sites is 1. The number of hydrogen-bond acceptors (Lipinski definition) is 2. The van der Waals surface area contributed by atoms with Crippen LogP contribution in [0.5, 0.6) is 0 Å². The molecule has 1 unspecified atom stereocenters. The summed E-state index contributed by atoms with van der Waals surface area (Å²) in [6.07, 6.45) is -0.557. The molecule has 0 spiro atoms. The number of hydrogen-bond donors (Lipinski definition) is 3. The van der Waals surface area contributed by atoms with Crippen LogP contribution in [0.25, 0.3) is 0 Å². The molecule has 0 aliphatic rings. The number of carbonyl (C=O) groups excluding carboxylic acids is 1. The van der Waals surface area contributed by atoms with E-state index < -0.39 is 6.10 Å². The van der Waals surface area contributed by atoms with E-state index in [1.165, 1.54) is 0 Å².